The number of ether oxygens (including phenoxy) is 1. The highest BCUT2D eigenvalue weighted by molar-refractivity contribution is 5.79. The van der Waals surface area contributed by atoms with Crippen molar-refractivity contribution < 1.29 is 9.53 Å². The fourth-order valence-electron chi connectivity index (χ4n) is 1.81. The van der Waals surface area contributed by atoms with Crippen LogP contribution in [-0.4, -0.2) is 6.29 Å². The third kappa shape index (κ3) is 2.98. The maximum atomic E-state index is 10.9. The first-order valence-electron chi connectivity index (χ1n) is 6.14. The van der Waals surface area contributed by atoms with E-state index >= 15 is 0 Å². The van der Waals surface area contributed by atoms with E-state index in [1.54, 1.807) is 12.1 Å². The number of rotatable bonds is 5. The first-order valence-corrected chi connectivity index (χ1v) is 6.14. The molecule has 0 amide bonds. The zero-order valence-corrected chi connectivity index (χ0v) is 10.4. The number of aldehydes is 1. The van der Waals surface area contributed by atoms with Crippen LogP contribution in [0.15, 0.2) is 48.5 Å². The summed E-state index contributed by atoms with van der Waals surface area (Å²) in [6, 6.07) is 15.2. The lowest BCUT2D eigenvalue weighted by molar-refractivity contribution is 0.112. The van der Waals surface area contributed by atoms with E-state index in [1.807, 2.05) is 24.3 Å². The molecule has 2 aromatic rings. The van der Waals surface area contributed by atoms with Gasteiger partial charge in [0, 0.05) is 0 Å². The van der Waals surface area contributed by atoms with Gasteiger partial charge in [0.2, 0.25) is 0 Å². The van der Waals surface area contributed by atoms with Gasteiger partial charge in [-0.25, -0.2) is 0 Å². The minimum atomic E-state index is 0.565. The molecule has 0 atom stereocenters. The number of para-hydroxylation sites is 1. The molecule has 0 aliphatic heterocycles. The first-order chi connectivity index (χ1) is 8.83. The maximum Gasteiger partial charge on any atom is 0.153 e. The van der Waals surface area contributed by atoms with Crippen LogP contribution < -0.4 is 4.74 Å². The summed E-state index contributed by atoms with van der Waals surface area (Å²) < 4.78 is 5.70. The Balaban J connectivity index is 2.15. The summed E-state index contributed by atoms with van der Waals surface area (Å²) in [6.07, 6.45) is 3.01. The van der Waals surface area contributed by atoms with Gasteiger partial charge in [-0.3, -0.25) is 4.79 Å². The number of hydrogen-bond donors (Lipinski definition) is 0. The van der Waals surface area contributed by atoms with E-state index in [-0.39, 0.29) is 0 Å². The molecule has 2 nitrogen and oxygen atoms in total. The predicted molar refractivity (Wildman–Crippen MR) is 72.3 cm³/mol. The number of aryl methyl sites for hydroxylation is 1. The molecule has 0 N–H and O–H groups in total. The van der Waals surface area contributed by atoms with Gasteiger partial charge < -0.3 is 4.74 Å². The summed E-state index contributed by atoms with van der Waals surface area (Å²) in [5.74, 6) is 1.35. The van der Waals surface area contributed by atoms with Gasteiger partial charge in [-0.2, -0.15) is 0 Å². The van der Waals surface area contributed by atoms with E-state index < -0.39 is 0 Å². The van der Waals surface area contributed by atoms with Crippen molar-refractivity contribution in [3.63, 3.8) is 0 Å². The second kappa shape index (κ2) is 6.01. The van der Waals surface area contributed by atoms with Crippen molar-refractivity contribution >= 4 is 6.29 Å². The zero-order chi connectivity index (χ0) is 12.8. The van der Waals surface area contributed by atoms with Gasteiger partial charge in [-0.15, -0.1) is 0 Å². The molecule has 2 aromatic carbocycles. The normalized spacial score (nSPS) is 10.1. The van der Waals surface area contributed by atoms with Crippen LogP contribution in [0.2, 0.25) is 0 Å². The Morgan fingerprint density at radius 3 is 2.44 bits per heavy atom. The van der Waals surface area contributed by atoms with Crippen LogP contribution >= 0.6 is 0 Å². The standard InChI is InChI=1S/C16H16O2/c1-2-5-13-8-10-15(11-9-13)18-16-7-4-3-6-14(16)12-17/h3-4,6-12H,2,5H2,1H3. The Morgan fingerprint density at radius 1 is 1.06 bits per heavy atom. The van der Waals surface area contributed by atoms with Crippen LogP contribution in [0.5, 0.6) is 11.5 Å². The number of benzene rings is 2. The van der Waals surface area contributed by atoms with Gasteiger partial charge in [0.05, 0.1) is 5.56 Å². The second-order valence-electron chi connectivity index (χ2n) is 4.15. The van der Waals surface area contributed by atoms with Crippen LogP contribution in [-0.2, 0) is 6.42 Å². The summed E-state index contributed by atoms with van der Waals surface area (Å²) in [5, 5.41) is 0. The highest BCUT2D eigenvalue weighted by Gasteiger charge is 2.03. The summed E-state index contributed by atoms with van der Waals surface area (Å²) in [6.45, 7) is 2.16. The van der Waals surface area contributed by atoms with E-state index in [0.717, 1.165) is 24.9 Å². The third-order valence-corrected chi connectivity index (χ3v) is 2.74. The molecule has 0 saturated carbocycles. The highest BCUT2D eigenvalue weighted by atomic mass is 16.5. The van der Waals surface area contributed by atoms with E-state index in [2.05, 4.69) is 19.1 Å². The molecule has 0 bridgehead atoms. The van der Waals surface area contributed by atoms with Crippen molar-refractivity contribution in [2.24, 2.45) is 0 Å². The second-order valence-corrected chi connectivity index (χ2v) is 4.15. The zero-order valence-electron chi connectivity index (χ0n) is 10.4. The van der Waals surface area contributed by atoms with Gasteiger partial charge in [0.1, 0.15) is 11.5 Å². The minimum Gasteiger partial charge on any atom is -0.457 e. The fourth-order valence-corrected chi connectivity index (χ4v) is 1.81. The van der Waals surface area contributed by atoms with E-state index in [4.69, 9.17) is 4.74 Å². The molecule has 2 heteroatoms. The Bertz CT molecular complexity index is 515. The van der Waals surface area contributed by atoms with E-state index in [0.29, 0.717) is 11.3 Å². The van der Waals surface area contributed by atoms with Crippen LogP contribution in [0.25, 0.3) is 0 Å². The minimum absolute atomic E-state index is 0.565. The third-order valence-electron chi connectivity index (χ3n) is 2.74. The molecule has 0 saturated heterocycles. The predicted octanol–water partition coefficient (Wildman–Crippen LogP) is 4.24. The van der Waals surface area contributed by atoms with Crippen LogP contribution in [0, 0.1) is 0 Å². The van der Waals surface area contributed by atoms with Crippen molar-refractivity contribution in [2.45, 2.75) is 19.8 Å². The van der Waals surface area contributed by atoms with Crippen molar-refractivity contribution in [2.75, 3.05) is 0 Å². The van der Waals surface area contributed by atoms with Crippen molar-refractivity contribution in [3.05, 3.63) is 59.7 Å². The molecule has 0 aliphatic carbocycles. The molecule has 0 heterocycles. The summed E-state index contributed by atoms with van der Waals surface area (Å²) in [4.78, 5) is 10.9. The van der Waals surface area contributed by atoms with Gasteiger partial charge in [-0.1, -0.05) is 37.6 Å². The number of hydrogen-bond acceptors (Lipinski definition) is 2. The van der Waals surface area contributed by atoms with Crippen molar-refractivity contribution in [1.82, 2.24) is 0 Å². The van der Waals surface area contributed by atoms with Gasteiger partial charge in [0.25, 0.3) is 0 Å². The fraction of sp³-hybridized carbons (Fsp3) is 0.188. The SMILES string of the molecule is CCCc1ccc(Oc2ccccc2C=O)cc1. The van der Waals surface area contributed by atoms with Crippen LogP contribution in [0.3, 0.4) is 0 Å². The average Bonchev–Trinajstić information content (AvgIpc) is 2.42. The molecule has 0 aliphatic rings. The molecule has 0 aromatic heterocycles. The summed E-state index contributed by atoms with van der Waals surface area (Å²) in [7, 11) is 0. The van der Waals surface area contributed by atoms with Gasteiger partial charge in [0.15, 0.2) is 6.29 Å². The van der Waals surface area contributed by atoms with Gasteiger partial charge >= 0.3 is 0 Å². The molecule has 2 rings (SSSR count). The Labute approximate surface area is 107 Å². The Hall–Kier alpha value is -2.09. The maximum absolute atomic E-state index is 10.9. The van der Waals surface area contributed by atoms with Crippen molar-refractivity contribution in [3.8, 4) is 11.5 Å². The molecule has 18 heavy (non-hydrogen) atoms. The van der Waals surface area contributed by atoms with Crippen LogP contribution in [0.4, 0.5) is 0 Å². The summed E-state index contributed by atoms with van der Waals surface area (Å²) >= 11 is 0. The molecule has 0 fully saturated rings. The highest BCUT2D eigenvalue weighted by Crippen LogP contribution is 2.24. The molecular formula is C16H16O2. The first kappa shape index (κ1) is 12.4. The topological polar surface area (TPSA) is 26.3 Å². The Morgan fingerprint density at radius 2 is 1.78 bits per heavy atom. The molecule has 92 valence electrons. The van der Waals surface area contributed by atoms with Gasteiger partial charge in [-0.05, 0) is 36.2 Å². The summed E-state index contributed by atoms with van der Waals surface area (Å²) in [5.41, 5.74) is 1.86. The molecule has 0 unspecified atom stereocenters. The van der Waals surface area contributed by atoms with Crippen molar-refractivity contribution in [1.29, 1.82) is 0 Å². The smallest absolute Gasteiger partial charge is 0.153 e. The monoisotopic (exact) mass is 240 g/mol. The van der Waals surface area contributed by atoms with Crippen LogP contribution in [0.1, 0.15) is 29.3 Å². The number of carbonyl (C=O) groups excluding carboxylic acids is 1. The number of carbonyl (C=O) groups is 1. The quantitative estimate of drug-likeness (QED) is 0.730. The lowest BCUT2D eigenvalue weighted by Crippen LogP contribution is -1.90. The lowest BCUT2D eigenvalue weighted by Gasteiger charge is -2.08. The molecular weight excluding hydrogens is 224 g/mol. The average molecular weight is 240 g/mol. The van der Waals surface area contributed by atoms with E-state index in [1.165, 1.54) is 5.56 Å². The lowest BCUT2D eigenvalue weighted by atomic mass is 10.1. The van der Waals surface area contributed by atoms with E-state index in [9.17, 15) is 4.79 Å². The Kier molecular flexibility index (Phi) is 4.13. The largest absolute Gasteiger partial charge is 0.457 e. The molecule has 0 radical (unpaired) electrons. The molecule has 0 spiro atoms.